The molecule has 9 rings (SSSR count). The van der Waals surface area contributed by atoms with Gasteiger partial charge in [0.25, 0.3) is 0 Å². The Kier molecular flexibility index (Phi) is 4.77. The molecule has 0 amide bonds. The Morgan fingerprint density at radius 2 is 1.29 bits per heavy atom. The topological polar surface area (TPSA) is 29.3 Å². The highest BCUT2D eigenvalue weighted by Gasteiger charge is 2.28. The molecule has 192 valence electrons. The fourth-order valence-corrected chi connectivity index (χ4v) is 7.41. The molecule has 0 fully saturated rings. The van der Waals surface area contributed by atoms with Gasteiger partial charge < -0.3 is 9.32 Å². The number of oxazole rings is 1. The second-order valence-corrected chi connectivity index (χ2v) is 11.4. The molecule has 8 aromatic rings. The van der Waals surface area contributed by atoms with Crippen LogP contribution in [0.5, 0.6) is 0 Å². The van der Waals surface area contributed by atoms with Crippen LogP contribution in [0.25, 0.3) is 65.0 Å². The van der Waals surface area contributed by atoms with Gasteiger partial charge in [0.05, 0.1) is 10.4 Å². The zero-order chi connectivity index (χ0) is 26.9. The lowest BCUT2D eigenvalue weighted by Gasteiger charge is -2.26. The van der Waals surface area contributed by atoms with Crippen LogP contribution in [0.4, 0.5) is 17.1 Å². The molecule has 2 heterocycles. The van der Waals surface area contributed by atoms with Gasteiger partial charge in [-0.05, 0) is 53.9 Å². The average molecular weight is 543 g/mol. The third-order valence-electron chi connectivity index (χ3n) is 8.04. The minimum absolute atomic E-state index is 0.644. The first-order chi connectivity index (χ1) is 20.3. The van der Waals surface area contributed by atoms with E-state index in [9.17, 15) is 0 Å². The highest BCUT2D eigenvalue weighted by Crippen LogP contribution is 2.49. The van der Waals surface area contributed by atoms with E-state index in [-0.39, 0.29) is 0 Å². The van der Waals surface area contributed by atoms with Crippen LogP contribution in [0, 0.1) is 0 Å². The number of thiophene rings is 1. The summed E-state index contributed by atoms with van der Waals surface area (Å²) in [5, 5.41) is 5.03. The summed E-state index contributed by atoms with van der Waals surface area (Å²) < 4.78 is 9.00. The summed E-state index contributed by atoms with van der Waals surface area (Å²) in [6, 6.07) is 47.1. The van der Waals surface area contributed by atoms with Gasteiger partial charge in [-0.1, -0.05) is 84.9 Å². The Morgan fingerprint density at radius 3 is 2.15 bits per heavy atom. The zero-order valence-electron chi connectivity index (χ0n) is 21.9. The molecule has 41 heavy (non-hydrogen) atoms. The van der Waals surface area contributed by atoms with E-state index in [1.165, 1.54) is 36.6 Å². The number of para-hydroxylation sites is 1. The molecular weight excluding hydrogens is 520 g/mol. The number of rotatable bonds is 4. The Labute approximate surface area is 240 Å². The van der Waals surface area contributed by atoms with Crippen LogP contribution in [-0.2, 0) is 0 Å². The van der Waals surface area contributed by atoms with Crippen molar-refractivity contribution in [2.24, 2.45) is 0 Å². The van der Waals surface area contributed by atoms with E-state index >= 15 is 0 Å². The van der Waals surface area contributed by atoms with Crippen LogP contribution in [0.15, 0.2) is 138 Å². The molecule has 0 saturated carbocycles. The SMILES string of the molecule is c1ccc(N(c2ccc(-c3nc4c(o3)-c3cccc5cccc-4c35)cc2)c2cccc3c2sc2ccccc23)cc1. The summed E-state index contributed by atoms with van der Waals surface area (Å²) >= 11 is 1.84. The summed E-state index contributed by atoms with van der Waals surface area (Å²) in [6.07, 6.45) is 0. The van der Waals surface area contributed by atoms with E-state index in [1.807, 2.05) is 11.3 Å². The molecule has 0 atom stereocenters. The Morgan fingerprint density at radius 1 is 0.585 bits per heavy atom. The van der Waals surface area contributed by atoms with Crippen molar-refractivity contribution in [3.8, 4) is 34.0 Å². The van der Waals surface area contributed by atoms with Crippen LogP contribution >= 0.6 is 11.3 Å². The number of hydrogen-bond donors (Lipinski definition) is 0. The number of anilines is 3. The van der Waals surface area contributed by atoms with Gasteiger partial charge in [-0.15, -0.1) is 11.3 Å². The van der Waals surface area contributed by atoms with Crippen LogP contribution in [-0.4, -0.2) is 4.98 Å². The van der Waals surface area contributed by atoms with E-state index in [2.05, 4.69) is 138 Å². The summed E-state index contributed by atoms with van der Waals surface area (Å²) in [4.78, 5) is 7.32. The molecule has 2 aromatic heterocycles. The lowest BCUT2D eigenvalue weighted by Crippen LogP contribution is -2.09. The standard InChI is InChI=1S/C37H22N2OS/c1-2-11-25(12-3-1)39(31-17-8-14-28-27-13-4-5-18-32(27)41-36(28)31)26-21-19-24(20-22-26)37-38-34-29-15-6-9-23-10-7-16-30(33(23)29)35(34)40-37/h1-22H. The van der Waals surface area contributed by atoms with Crippen molar-refractivity contribution in [2.75, 3.05) is 4.90 Å². The number of hydrogen-bond acceptors (Lipinski definition) is 4. The Bertz CT molecular complexity index is 2210. The summed E-state index contributed by atoms with van der Waals surface area (Å²) in [5.74, 6) is 1.50. The van der Waals surface area contributed by atoms with Gasteiger partial charge in [0.2, 0.25) is 5.89 Å². The molecule has 3 nitrogen and oxygen atoms in total. The molecule has 4 heteroatoms. The fraction of sp³-hybridized carbons (Fsp3) is 0. The minimum Gasteiger partial charge on any atom is -0.435 e. The Hall–Kier alpha value is -5.19. The number of nitrogens with zero attached hydrogens (tertiary/aromatic N) is 2. The second kappa shape index (κ2) is 8.65. The maximum Gasteiger partial charge on any atom is 0.227 e. The lowest BCUT2D eigenvalue weighted by molar-refractivity contribution is 0.590. The van der Waals surface area contributed by atoms with Crippen molar-refractivity contribution in [1.82, 2.24) is 4.98 Å². The van der Waals surface area contributed by atoms with E-state index in [4.69, 9.17) is 9.40 Å². The molecule has 6 aromatic carbocycles. The second-order valence-electron chi connectivity index (χ2n) is 10.4. The van der Waals surface area contributed by atoms with Crippen LogP contribution in [0.2, 0.25) is 0 Å². The lowest BCUT2D eigenvalue weighted by atomic mass is 10.0. The van der Waals surface area contributed by atoms with Crippen molar-refractivity contribution in [3.05, 3.63) is 133 Å². The largest absolute Gasteiger partial charge is 0.435 e. The summed E-state index contributed by atoms with van der Waals surface area (Å²) in [7, 11) is 0. The van der Waals surface area contributed by atoms with Gasteiger partial charge in [-0.3, -0.25) is 0 Å². The zero-order valence-corrected chi connectivity index (χ0v) is 22.7. The minimum atomic E-state index is 0.644. The number of aromatic nitrogens is 1. The van der Waals surface area contributed by atoms with E-state index in [1.54, 1.807) is 0 Å². The van der Waals surface area contributed by atoms with Gasteiger partial charge in [0.15, 0.2) is 5.76 Å². The van der Waals surface area contributed by atoms with Crippen molar-refractivity contribution in [2.45, 2.75) is 0 Å². The molecule has 1 aliphatic rings. The maximum absolute atomic E-state index is 6.42. The Balaban J connectivity index is 1.16. The molecule has 0 saturated heterocycles. The molecule has 0 radical (unpaired) electrons. The molecular formula is C37H22N2OS. The van der Waals surface area contributed by atoms with Gasteiger partial charge in [0, 0.05) is 48.9 Å². The molecule has 0 aliphatic heterocycles. The summed E-state index contributed by atoms with van der Waals surface area (Å²) in [6.45, 7) is 0. The van der Waals surface area contributed by atoms with Crippen molar-refractivity contribution in [3.63, 3.8) is 0 Å². The van der Waals surface area contributed by atoms with Crippen molar-refractivity contribution < 1.29 is 4.42 Å². The first-order valence-corrected chi connectivity index (χ1v) is 14.5. The normalized spacial score (nSPS) is 11.9. The quantitative estimate of drug-likeness (QED) is 0.221. The van der Waals surface area contributed by atoms with E-state index in [0.29, 0.717) is 5.89 Å². The first kappa shape index (κ1) is 22.6. The van der Waals surface area contributed by atoms with Crippen LogP contribution in [0.3, 0.4) is 0 Å². The third-order valence-corrected chi connectivity index (χ3v) is 9.25. The molecule has 0 unspecified atom stereocenters. The molecule has 0 bridgehead atoms. The highest BCUT2D eigenvalue weighted by molar-refractivity contribution is 7.26. The van der Waals surface area contributed by atoms with Crippen molar-refractivity contribution in [1.29, 1.82) is 0 Å². The maximum atomic E-state index is 6.42. The van der Waals surface area contributed by atoms with Crippen molar-refractivity contribution >= 4 is 59.3 Å². The van der Waals surface area contributed by atoms with E-state index in [0.717, 1.165) is 39.5 Å². The van der Waals surface area contributed by atoms with Crippen LogP contribution in [0.1, 0.15) is 0 Å². The van der Waals surface area contributed by atoms with Gasteiger partial charge in [-0.2, -0.15) is 0 Å². The molecule has 0 N–H and O–H groups in total. The smallest absolute Gasteiger partial charge is 0.227 e. The monoisotopic (exact) mass is 542 g/mol. The predicted octanol–water partition coefficient (Wildman–Crippen LogP) is 11.0. The third kappa shape index (κ3) is 3.35. The average Bonchev–Trinajstić information content (AvgIpc) is 3.72. The number of benzene rings is 6. The first-order valence-electron chi connectivity index (χ1n) is 13.7. The number of fused-ring (bicyclic) bond motifs is 6. The van der Waals surface area contributed by atoms with E-state index < -0.39 is 0 Å². The predicted molar refractivity (Wildman–Crippen MR) is 171 cm³/mol. The van der Waals surface area contributed by atoms with Gasteiger partial charge in [-0.25, -0.2) is 4.98 Å². The molecule has 0 spiro atoms. The fourth-order valence-electron chi connectivity index (χ4n) is 6.20. The summed E-state index contributed by atoms with van der Waals surface area (Å²) in [5.41, 5.74) is 7.52. The van der Waals surface area contributed by atoms with Gasteiger partial charge in [0.1, 0.15) is 5.69 Å². The van der Waals surface area contributed by atoms with Gasteiger partial charge >= 0.3 is 0 Å². The highest BCUT2D eigenvalue weighted by atomic mass is 32.1. The molecule has 1 aliphatic carbocycles. The van der Waals surface area contributed by atoms with Crippen LogP contribution < -0.4 is 4.90 Å².